The summed E-state index contributed by atoms with van der Waals surface area (Å²) in [6, 6.07) is 0.834. The van der Waals surface area contributed by atoms with Crippen LogP contribution in [0.15, 0.2) is 23.9 Å². The Morgan fingerprint density at radius 3 is 2.41 bits per heavy atom. The van der Waals surface area contributed by atoms with E-state index in [9.17, 15) is 28.5 Å². The van der Waals surface area contributed by atoms with Crippen LogP contribution in [0.1, 0.15) is 0 Å². The largest absolute Gasteiger partial charge is 0.466 e. The Balaban J connectivity index is 3.35. The zero-order valence-corrected chi connectivity index (χ0v) is 11.4. The van der Waals surface area contributed by atoms with Gasteiger partial charge < -0.3 is 14.8 Å². The van der Waals surface area contributed by atoms with E-state index in [2.05, 4.69) is 9.47 Å². The van der Waals surface area contributed by atoms with Crippen molar-refractivity contribution in [2.24, 2.45) is 0 Å². The van der Waals surface area contributed by atoms with Gasteiger partial charge in [-0.2, -0.15) is 0 Å². The fourth-order valence-electron chi connectivity index (χ4n) is 1.40. The van der Waals surface area contributed by atoms with Gasteiger partial charge in [0, 0.05) is 6.07 Å². The van der Waals surface area contributed by atoms with Crippen molar-refractivity contribution >= 4 is 23.3 Å². The van der Waals surface area contributed by atoms with Gasteiger partial charge in [-0.3, -0.25) is 10.1 Å². The first-order valence-corrected chi connectivity index (χ1v) is 5.58. The van der Waals surface area contributed by atoms with Crippen molar-refractivity contribution < 1.29 is 32.8 Å². The highest BCUT2D eigenvalue weighted by atomic mass is 19.1. The Morgan fingerprint density at radius 2 is 1.91 bits per heavy atom. The monoisotopic (exact) mass is 316 g/mol. The zero-order valence-electron chi connectivity index (χ0n) is 11.4. The third-order valence-corrected chi connectivity index (χ3v) is 2.36. The molecule has 0 aliphatic carbocycles. The number of methoxy groups -OCH3 is 2. The van der Waals surface area contributed by atoms with Gasteiger partial charge in [-0.25, -0.2) is 18.4 Å². The number of hydrogen-bond acceptors (Lipinski definition) is 7. The highest BCUT2D eigenvalue weighted by Gasteiger charge is 2.24. The Morgan fingerprint density at radius 1 is 1.27 bits per heavy atom. The summed E-state index contributed by atoms with van der Waals surface area (Å²) in [7, 11) is 2.00. The van der Waals surface area contributed by atoms with Crippen LogP contribution >= 0.6 is 0 Å². The van der Waals surface area contributed by atoms with Gasteiger partial charge in [-0.1, -0.05) is 0 Å². The lowest BCUT2D eigenvalue weighted by molar-refractivity contribution is -0.384. The third-order valence-electron chi connectivity index (χ3n) is 2.36. The molecule has 0 bridgehead atoms. The molecule has 0 heterocycles. The molecule has 1 aromatic carbocycles. The van der Waals surface area contributed by atoms with Crippen LogP contribution in [0.2, 0.25) is 0 Å². The molecule has 0 aliphatic heterocycles. The molecule has 1 rings (SSSR count). The lowest BCUT2D eigenvalue weighted by Crippen LogP contribution is -2.17. The molecule has 118 valence electrons. The topological polar surface area (TPSA) is 108 Å². The average Bonchev–Trinajstić information content (AvgIpc) is 2.47. The maximum absolute atomic E-state index is 13.7. The van der Waals surface area contributed by atoms with Crippen LogP contribution in [0.25, 0.3) is 0 Å². The maximum Gasteiger partial charge on any atom is 0.354 e. The number of nitro benzene ring substituents is 1. The second-order valence-corrected chi connectivity index (χ2v) is 3.74. The number of benzene rings is 1. The first-order valence-electron chi connectivity index (χ1n) is 5.58. The number of nitrogens with one attached hydrogen (secondary N) is 1. The van der Waals surface area contributed by atoms with Crippen LogP contribution < -0.4 is 5.32 Å². The fourth-order valence-corrected chi connectivity index (χ4v) is 1.40. The lowest BCUT2D eigenvalue weighted by atomic mass is 10.2. The molecule has 0 fully saturated rings. The van der Waals surface area contributed by atoms with Crippen LogP contribution in [-0.4, -0.2) is 31.1 Å². The molecule has 0 aliphatic rings. The number of carbonyl (C=O) groups excluding carboxylic acids is 2. The molecule has 10 heteroatoms. The quantitative estimate of drug-likeness (QED) is 0.379. The second kappa shape index (κ2) is 7.11. The van der Waals surface area contributed by atoms with Crippen molar-refractivity contribution in [1.82, 2.24) is 0 Å². The Kier molecular flexibility index (Phi) is 5.50. The molecule has 8 nitrogen and oxygen atoms in total. The zero-order chi connectivity index (χ0) is 16.9. The minimum atomic E-state index is -1.33. The summed E-state index contributed by atoms with van der Waals surface area (Å²) in [6.45, 7) is 0. The normalized spacial score (nSPS) is 10.8. The van der Waals surface area contributed by atoms with Crippen LogP contribution in [-0.2, 0) is 19.1 Å². The molecule has 0 saturated carbocycles. The molecule has 1 N–H and O–H groups in total. The number of anilines is 1. The molecular formula is C12H10F2N2O6. The van der Waals surface area contributed by atoms with E-state index in [-0.39, 0.29) is 0 Å². The standard InChI is InChI=1S/C12H10F2N2O6/c1-21-10(17)5-8(12(18)22-2)15-11-7(14)3-6(13)4-9(11)16(19)20/h3-5,15H,1-2H3/b8-5+. The van der Waals surface area contributed by atoms with Crippen LogP contribution in [0.3, 0.4) is 0 Å². The SMILES string of the molecule is COC(=O)/C=C(/Nc1c(F)cc(F)cc1[N+](=O)[O-])C(=O)OC. The Labute approximate surface area is 122 Å². The molecule has 1 aromatic rings. The molecule has 0 aromatic heterocycles. The van der Waals surface area contributed by atoms with E-state index >= 15 is 0 Å². The van der Waals surface area contributed by atoms with E-state index in [0.717, 1.165) is 14.2 Å². The number of ether oxygens (including phenoxy) is 2. The van der Waals surface area contributed by atoms with E-state index < -0.39 is 45.6 Å². The lowest BCUT2D eigenvalue weighted by Gasteiger charge is -2.10. The van der Waals surface area contributed by atoms with Gasteiger partial charge >= 0.3 is 11.9 Å². The Hall–Kier alpha value is -3.04. The first kappa shape index (κ1) is 17.0. The van der Waals surface area contributed by atoms with Crippen molar-refractivity contribution in [2.45, 2.75) is 0 Å². The number of rotatable bonds is 5. The van der Waals surface area contributed by atoms with Crippen LogP contribution in [0.4, 0.5) is 20.2 Å². The highest BCUT2D eigenvalue weighted by Crippen LogP contribution is 2.29. The van der Waals surface area contributed by atoms with Gasteiger partial charge in [0.25, 0.3) is 5.69 Å². The molecule has 22 heavy (non-hydrogen) atoms. The molecule has 0 amide bonds. The van der Waals surface area contributed by atoms with E-state index in [1.54, 1.807) is 0 Å². The minimum absolute atomic E-state index is 0.377. The second-order valence-electron chi connectivity index (χ2n) is 3.74. The summed E-state index contributed by atoms with van der Waals surface area (Å²) in [5.74, 6) is -4.60. The van der Waals surface area contributed by atoms with Gasteiger partial charge in [-0.15, -0.1) is 0 Å². The van der Waals surface area contributed by atoms with Crippen molar-refractivity contribution in [3.8, 4) is 0 Å². The predicted octanol–water partition coefficient (Wildman–Crippen LogP) is 1.51. The molecule has 0 spiro atoms. The third kappa shape index (κ3) is 3.98. The number of carbonyl (C=O) groups is 2. The van der Waals surface area contributed by atoms with Crippen molar-refractivity contribution in [3.05, 3.63) is 45.7 Å². The van der Waals surface area contributed by atoms with Gasteiger partial charge in [0.15, 0.2) is 11.5 Å². The van der Waals surface area contributed by atoms with E-state index in [4.69, 9.17) is 0 Å². The number of nitro groups is 1. The summed E-state index contributed by atoms with van der Waals surface area (Å²) in [4.78, 5) is 32.4. The van der Waals surface area contributed by atoms with Crippen LogP contribution in [0.5, 0.6) is 0 Å². The summed E-state index contributed by atoms with van der Waals surface area (Å²) in [6.07, 6.45) is 0.609. The number of halogens is 2. The predicted molar refractivity (Wildman–Crippen MR) is 68.8 cm³/mol. The molecule has 0 saturated heterocycles. The smallest absolute Gasteiger partial charge is 0.354 e. The first-order chi connectivity index (χ1) is 10.3. The van der Waals surface area contributed by atoms with Gasteiger partial charge in [0.2, 0.25) is 0 Å². The van der Waals surface area contributed by atoms with Crippen molar-refractivity contribution in [1.29, 1.82) is 0 Å². The molecule has 0 atom stereocenters. The van der Waals surface area contributed by atoms with E-state index in [1.165, 1.54) is 0 Å². The van der Waals surface area contributed by atoms with E-state index in [1.807, 2.05) is 5.32 Å². The fraction of sp³-hybridized carbons (Fsp3) is 0.167. The minimum Gasteiger partial charge on any atom is -0.466 e. The van der Waals surface area contributed by atoms with E-state index in [0.29, 0.717) is 18.2 Å². The number of hydrogen-bond donors (Lipinski definition) is 1. The summed E-state index contributed by atoms with van der Waals surface area (Å²) >= 11 is 0. The molecule has 0 radical (unpaired) electrons. The van der Waals surface area contributed by atoms with Gasteiger partial charge in [-0.05, 0) is 0 Å². The van der Waals surface area contributed by atoms with Crippen molar-refractivity contribution in [3.63, 3.8) is 0 Å². The summed E-state index contributed by atoms with van der Waals surface area (Å²) in [5.41, 5.74) is -2.38. The number of esters is 2. The van der Waals surface area contributed by atoms with Gasteiger partial charge in [0.05, 0.1) is 31.3 Å². The van der Waals surface area contributed by atoms with Crippen LogP contribution in [0, 0.1) is 21.7 Å². The Bertz CT molecular complexity index is 659. The average molecular weight is 316 g/mol. The summed E-state index contributed by atoms with van der Waals surface area (Å²) in [5, 5.41) is 12.9. The summed E-state index contributed by atoms with van der Waals surface area (Å²) < 4.78 is 35.4. The van der Waals surface area contributed by atoms with Gasteiger partial charge in [0.1, 0.15) is 11.5 Å². The molecule has 0 unspecified atom stereocenters. The molecular weight excluding hydrogens is 306 g/mol. The highest BCUT2D eigenvalue weighted by molar-refractivity contribution is 5.99. The van der Waals surface area contributed by atoms with Crippen molar-refractivity contribution in [2.75, 3.05) is 19.5 Å². The number of nitrogens with zero attached hydrogens (tertiary/aromatic N) is 1. The maximum atomic E-state index is 13.7.